The molecule has 0 aliphatic carbocycles. The van der Waals surface area contributed by atoms with Crippen molar-refractivity contribution in [2.45, 2.75) is 6.54 Å². The maximum absolute atomic E-state index is 13.1. The second-order valence-corrected chi connectivity index (χ2v) is 8.09. The predicted octanol–water partition coefficient (Wildman–Crippen LogP) is 5.62. The number of carbonyl (C=O) groups is 2. The van der Waals surface area contributed by atoms with Gasteiger partial charge in [-0.25, -0.2) is 4.39 Å². The molecule has 2 aromatic carbocycles. The monoisotopic (exact) mass is 456 g/mol. The first-order valence-corrected chi connectivity index (χ1v) is 10.1. The zero-order valence-corrected chi connectivity index (χ0v) is 16.9. The number of aromatic nitrogens is 1. The van der Waals surface area contributed by atoms with Crippen molar-refractivity contribution in [1.29, 1.82) is 0 Å². The molecule has 140 valence electrons. The molecule has 1 aromatic heterocycles. The van der Waals surface area contributed by atoms with Crippen LogP contribution in [-0.2, 0) is 11.3 Å². The number of nitrogens with zero attached hydrogens (tertiary/aromatic N) is 2. The molecule has 7 heteroatoms. The number of imide groups is 1. The smallest absolute Gasteiger partial charge is 0.293 e. The fraction of sp³-hybridized carbons (Fsp3) is 0.0476. The Balaban J connectivity index is 1.60. The number of thioether (sulfide) groups is 1. The molecule has 0 atom stereocenters. The van der Waals surface area contributed by atoms with Crippen LogP contribution in [0.5, 0.6) is 0 Å². The summed E-state index contributed by atoms with van der Waals surface area (Å²) >= 11 is 4.37. The number of amides is 2. The number of benzene rings is 2. The third-order valence-electron chi connectivity index (χ3n) is 4.27. The Morgan fingerprint density at radius 2 is 1.82 bits per heavy atom. The molecule has 1 saturated heterocycles. The summed E-state index contributed by atoms with van der Waals surface area (Å²) in [6.45, 7) is 0.120. The lowest BCUT2D eigenvalue weighted by Crippen LogP contribution is -2.27. The molecule has 1 aliphatic heterocycles. The molecule has 1 aliphatic rings. The van der Waals surface area contributed by atoms with Gasteiger partial charge in [-0.05, 0) is 65.9 Å². The summed E-state index contributed by atoms with van der Waals surface area (Å²) in [4.78, 5) is 26.6. The Hall–Kier alpha value is -2.64. The summed E-state index contributed by atoms with van der Waals surface area (Å²) < 4.78 is 16.0. The molecule has 0 spiro atoms. The van der Waals surface area contributed by atoms with Crippen LogP contribution >= 0.6 is 27.7 Å². The van der Waals surface area contributed by atoms with Gasteiger partial charge in [0.2, 0.25) is 0 Å². The van der Waals surface area contributed by atoms with E-state index in [9.17, 15) is 14.0 Å². The van der Waals surface area contributed by atoms with E-state index < -0.39 is 0 Å². The first kappa shape index (κ1) is 18.7. The third-order valence-corrected chi connectivity index (χ3v) is 5.67. The highest BCUT2D eigenvalue weighted by Crippen LogP contribution is 2.33. The first-order chi connectivity index (χ1) is 13.5. The van der Waals surface area contributed by atoms with Crippen molar-refractivity contribution < 1.29 is 14.0 Å². The molecular formula is C21H14BrFN2O2S. The van der Waals surface area contributed by atoms with Gasteiger partial charge in [0, 0.05) is 22.1 Å². The topological polar surface area (TPSA) is 42.3 Å². The number of hydrogen-bond donors (Lipinski definition) is 0. The molecule has 0 N–H and O–H groups in total. The second-order valence-electron chi connectivity index (χ2n) is 6.18. The van der Waals surface area contributed by atoms with Crippen LogP contribution in [0.1, 0.15) is 11.3 Å². The van der Waals surface area contributed by atoms with Crippen LogP contribution in [0, 0.1) is 5.82 Å². The fourth-order valence-corrected chi connectivity index (χ4v) is 4.13. The van der Waals surface area contributed by atoms with Crippen LogP contribution in [0.15, 0.2) is 76.2 Å². The van der Waals surface area contributed by atoms with Crippen LogP contribution in [0.2, 0.25) is 0 Å². The quantitative estimate of drug-likeness (QED) is 0.478. The van der Waals surface area contributed by atoms with Crippen molar-refractivity contribution in [2.75, 3.05) is 0 Å². The van der Waals surface area contributed by atoms with E-state index in [1.807, 2.05) is 47.2 Å². The van der Waals surface area contributed by atoms with Crippen LogP contribution in [-0.4, -0.2) is 20.6 Å². The molecule has 0 bridgehead atoms. The molecule has 1 fully saturated rings. The minimum atomic E-state index is -0.355. The Morgan fingerprint density at radius 3 is 2.57 bits per heavy atom. The third kappa shape index (κ3) is 3.81. The number of rotatable bonds is 4. The summed E-state index contributed by atoms with van der Waals surface area (Å²) in [6, 6.07) is 17.3. The van der Waals surface area contributed by atoms with E-state index in [2.05, 4.69) is 15.9 Å². The Labute approximate surface area is 173 Å². The average molecular weight is 457 g/mol. The minimum Gasteiger partial charge on any atom is -0.317 e. The Morgan fingerprint density at radius 1 is 1.04 bits per heavy atom. The number of halogens is 2. The molecular weight excluding hydrogens is 443 g/mol. The van der Waals surface area contributed by atoms with E-state index in [1.54, 1.807) is 18.2 Å². The molecule has 4 rings (SSSR count). The van der Waals surface area contributed by atoms with Gasteiger partial charge in [0.05, 0.1) is 11.4 Å². The van der Waals surface area contributed by atoms with E-state index >= 15 is 0 Å². The molecule has 0 unspecified atom stereocenters. The molecule has 2 amide bonds. The van der Waals surface area contributed by atoms with Crippen LogP contribution in [0.25, 0.3) is 11.8 Å². The van der Waals surface area contributed by atoms with Gasteiger partial charge in [0.25, 0.3) is 11.1 Å². The molecule has 0 saturated carbocycles. The lowest BCUT2D eigenvalue weighted by atomic mass is 10.2. The lowest BCUT2D eigenvalue weighted by Gasteiger charge is -2.12. The van der Waals surface area contributed by atoms with Crippen molar-refractivity contribution >= 4 is 44.9 Å². The highest BCUT2D eigenvalue weighted by Gasteiger charge is 2.35. The Bertz CT molecular complexity index is 1090. The van der Waals surface area contributed by atoms with Gasteiger partial charge < -0.3 is 4.57 Å². The zero-order valence-electron chi connectivity index (χ0n) is 14.5. The summed E-state index contributed by atoms with van der Waals surface area (Å²) in [5, 5.41) is -0.332. The Kier molecular flexibility index (Phi) is 5.19. The van der Waals surface area contributed by atoms with Crippen LogP contribution in [0.3, 0.4) is 0 Å². The van der Waals surface area contributed by atoms with E-state index in [0.717, 1.165) is 27.6 Å². The standard InChI is InChI=1S/C21H14BrFN2O2S/c22-15-3-1-4-17(11-15)24-10-2-5-18(24)12-19-20(26)25(21(27)28-19)13-14-6-8-16(23)9-7-14/h1-12H,13H2/b19-12-. The molecule has 4 nitrogen and oxygen atoms in total. The summed E-state index contributed by atoms with van der Waals surface area (Å²) in [5.74, 6) is -0.701. The molecule has 0 radical (unpaired) electrons. The summed E-state index contributed by atoms with van der Waals surface area (Å²) in [6.07, 6.45) is 3.62. The van der Waals surface area contributed by atoms with Crippen molar-refractivity contribution in [2.24, 2.45) is 0 Å². The van der Waals surface area contributed by atoms with E-state index in [0.29, 0.717) is 10.5 Å². The predicted molar refractivity (Wildman–Crippen MR) is 111 cm³/mol. The van der Waals surface area contributed by atoms with Gasteiger partial charge >= 0.3 is 0 Å². The summed E-state index contributed by atoms with van der Waals surface area (Å²) in [7, 11) is 0. The largest absolute Gasteiger partial charge is 0.317 e. The molecule has 2 heterocycles. The van der Waals surface area contributed by atoms with Gasteiger partial charge in [-0.1, -0.05) is 34.1 Å². The van der Waals surface area contributed by atoms with Crippen LogP contribution in [0.4, 0.5) is 9.18 Å². The van der Waals surface area contributed by atoms with Crippen molar-refractivity contribution in [3.05, 3.63) is 93.3 Å². The van der Waals surface area contributed by atoms with Crippen LogP contribution < -0.4 is 0 Å². The van der Waals surface area contributed by atoms with E-state index in [1.165, 1.54) is 17.0 Å². The zero-order chi connectivity index (χ0) is 19.7. The van der Waals surface area contributed by atoms with Crippen molar-refractivity contribution in [1.82, 2.24) is 9.47 Å². The van der Waals surface area contributed by atoms with Gasteiger partial charge in [-0.15, -0.1) is 0 Å². The lowest BCUT2D eigenvalue weighted by molar-refractivity contribution is -0.123. The number of hydrogen-bond acceptors (Lipinski definition) is 3. The number of carbonyl (C=O) groups excluding carboxylic acids is 2. The molecule has 3 aromatic rings. The molecule has 28 heavy (non-hydrogen) atoms. The van der Waals surface area contributed by atoms with Gasteiger partial charge in [-0.3, -0.25) is 14.5 Å². The van der Waals surface area contributed by atoms with E-state index in [4.69, 9.17) is 0 Å². The minimum absolute atomic E-state index is 0.120. The first-order valence-electron chi connectivity index (χ1n) is 8.44. The van der Waals surface area contributed by atoms with E-state index in [-0.39, 0.29) is 23.5 Å². The normalized spacial score (nSPS) is 15.6. The highest BCUT2D eigenvalue weighted by molar-refractivity contribution is 9.10. The maximum Gasteiger partial charge on any atom is 0.293 e. The second kappa shape index (κ2) is 7.77. The fourth-order valence-electron chi connectivity index (χ4n) is 2.92. The van der Waals surface area contributed by atoms with Gasteiger partial charge in [0.15, 0.2) is 0 Å². The average Bonchev–Trinajstić information content (AvgIpc) is 3.24. The highest BCUT2D eigenvalue weighted by atomic mass is 79.9. The van der Waals surface area contributed by atoms with Gasteiger partial charge in [0.1, 0.15) is 5.82 Å². The van der Waals surface area contributed by atoms with Crippen molar-refractivity contribution in [3.8, 4) is 5.69 Å². The van der Waals surface area contributed by atoms with Crippen molar-refractivity contribution in [3.63, 3.8) is 0 Å². The summed E-state index contributed by atoms with van der Waals surface area (Å²) in [5.41, 5.74) is 2.43. The SMILES string of the molecule is O=C1S/C(=C\c2cccn2-c2cccc(Br)c2)C(=O)N1Cc1ccc(F)cc1. The maximum atomic E-state index is 13.1. The van der Waals surface area contributed by atoms with Gasteiger partial charge in [-0.2, -0.15) is 0 Å².